The van der Waals surface area contributed by atoms with Crippen LogP contribution in [-0.4, -0.2) is 38.1 Å². The van der Waals surface area contributed by atoms with Crippen LogP contribution in [0, 0.1) is 0 Å². The lowest BCUT2D eigenvalue weighted by Crippen LogP contribution is -2.42. The summed E-state index contributed by atoms with van der Waals surface area (Å²) in [4.78, 5) is 26.0. The van der Waals surface area contributed by atoms with Crippen molar-refractivity contribution in [2.24, 2.45) is 0 Å². The first-order valence-electron chi connectivity index (χ1n) is 9.08. The van der Waals surface area contributed by atoms with Gasteiger partial charge in [-0.25, -0.2) is 0 Å². The van der Waals surface area contributed by atoms with Crippen LogP contribution in [0.25, 0.3) is 0 Å². The average Bonchev–Trinajstić information content (AvgIpc) is 3.19. The Balaban J connectivity index is 1.58. The number of rotatable bonds is 10. The van der Waals surface area contributed by atoms with E-state index in [0.29, 0.717) is 24.5 Å². The number of thiophene rings is 1. The minimum absolute atomic E-state index is 0.218. The number of hydrogen-bond acceptors (Lipinski definition) is 6. The second-order valence-electron chi connectivity index (χ2n) is 6.90. The Hall–Kier alpha value is -2.44. The van der Waals surface area contributed by atoms with Crippen molar-refractivity contribution < 1.29 is 0 Å². The molecule has 1 heterocycles. The molecule has 0 aliphatic rings. The summed E-state index contributed by atoms with van der Waals surface area (Å²) in [6.07, 6.45) is 1.70. The lowest BCUT2D eigenvalue weighted by molar-refractivity contribution is 0.303. The van der Waals surface area contributed by atoms with Gasteiger partial charge >= 0.3 is 0 Å². The van der Waals surface area contributed by atoms with E-state index in [1.807, 2.05) is 37.7 Å². The van der Waals surface area contributed by atoms with E-state index >= 15 is 0 Å². The summed E-state index contributed by atoms with van der Waals surface area (Å²) in [5.74, 6) is 0. The van der Waals surface area contributed by atoms with Gasteiger partial charge in [0.2, 0.25) is 0 Å². The van der Waals surface area contributed by atoms with E-state index in [2.05, 4.69) is 39.1 Å². The van der Waals surface area contributed by atoms with E-state index in [4.69, 9.17) is 0 Å². The molecule has 2 aromatic carbocycles. The largest absolute Gasteiger partial charge is 0.380 e. The molecule has 0 radical (unpaired) electrons. The SMILES string of the molecule is CN(C)C(CNc1c(NCCc2ccsc2)c(=O)c1=O)Cc1ccccc1. The first-order chi connectivity index (χ1) is 13.1. The molecule has 2 N–H and O–H groups in total. The van der Waals surface area contributed by atoms with Crippen molar-refractivity contribution >= 4 is 22.7 Å². The summed E-state index contributed by atoms with van der Waals surface area (Å²) in [6, 6.07) is 12.6. The van der Waals surface area contributed by atoms with Crippen LogP contribution in [0.1, 0.15) is 11.1 Å². The van der Waals surface area contributed by atoms with Gasteiger partial charge in [0.05, 0.1) is 0 Å². The molecule has 0 fully saturated rings. The first-order valence-corrected chi connectivity index (χ1v) is 10.0. The predicted octanol–water partition coefficient (Wildman–Crippen LogP) is 2.58. The molecule has 0 saturated heterocycles. The maximum atomic E-state index is 12.0. The fraction of sp³-hybridized carbons (Fsp3) is 0.333. The molecule has 6 heteroatoms. The fourth-order valence-electron chi connectivity index (χ4n) is 3.04. The van der Waals surface area contributed by atoms with Crippen LogP contribution < -0.4 is 21.5 Å². The van der Waals surface area contributed by atoms with Crippen LogP contribution in [0.3, 0.4) is 0 Å². The van der Waals surface area contributed by atoms with Crippen LogP contribution in [-0.2, 0) is 12.8 Å². The zero-order chi connectivity index (χ0) is 19.2. The molecule has 3 aromatic rings. The average molecular weight is 384 g/mol. The van der Waals surface area contributed by atoms with Crippen LogP contribution in [0.5, 0.6) is 0 Å². The van der Waals surface area contributed by atoms with Crippen molar-refractivity contribution in [3.63, 3.8) is 0 Å². The van der Waals surface area contributed by atoms with E-state index in [9.17, 15) is 9.59 Å². The van der Waals surface area contributed by atoms with Crippen molar-refractivity contribution in [3.8, 4) is 0 Å². The Labute approximate surface area is 163 Å². The van der Waals surface area contributed by atoms with Gasteiger partial charge in [0.15, 0.2) is 0 Å². The Morgan fingerprint density at radius 3 is 2.30 bits per heavy atom. The number of benzene rings is 1. The highest BCUT2D eigenvalue weighted by atomic mass is 32.1. The van der Waals surface area contributed by atoms with E-state index in [-0.39, 0.29) is 6.04 Å². The molecular formula is C21H25N3O2S. The van der Waals surface area contributed by atoms with Gasteiger partial charge in [0, 0.05) is 19.1 Å². The van der Waals surface area contributed by atoms with E-state index in [1.165, 1.54) is 11.1 Å². The monoisotopic (exact) mass is 383 g/mol. The molecular weight excluding hydrogens is 358 g/mol. The predicted molar refractivity (Wildman–Crippen MR) is 114 cm³/mol. The summed E-state index contributed by atoms with van der Waals surface area (Å²) in [5, 5.41) is 10.5. The highest BCUT2D eigenvalue weighted by molar-refractivity contribution is 7.07. The summed E-state index contributed by atoms with van der Waals surface area (Å²) in [6.45, 7) is 1.24. The summed E-state index contributed by atoms with van der Waals surface area (Å²) in [5.41, 5.74) is 2.48. The summed E-state index contributed by atoms with van der Waals surface area (Å²) in [7, 11) is 4.05. The number of hydrogen-bond donors (Lipinski definition) is 2. The minimum Gasteiger partial charge on any atom is -0.380 e. The Kier molecular flexibility index (Phi) is 6.42. The van der Waals surface area contributed by atoms with Crippen molar-refractivity contribution in [3.05, 3.63) is 78.7 Å². The molecule has 0 spiro atoms. The minimum atomic E-state index is -0.426. The molecule has 1 aromatic heterocycles. The lowest BCUT2D eigenvalue weighted by Gasteiger charge is -2.26. The van der Waals surface area contributed by atoms with Gasteiger partial charge in [-0.05, 0) is 54.9 Å². The zero-order valence-corrected chi connectivity index (χ0v) is 16.5. The highest BCUT2D eigenvalue weighted by Crippen LogP contribution is 2.16. The van der Waals surface area contributed by atoms with E-state index < -0.39 is 10.9 Å². The number of nitrogens with one attached hydrogen (secondary N) is 2. The van der Waals surface area contributed by atoms with Gasteiger partial charge < -0.3 is 15.5 Å². The third-order valence-corrected chi connectivity index (χ3v) is 5.50. The Bertz CT molecular complexity index is 913. The van der Waals surface area contributed by atoms with Crippen LogP contribution >= 0.6 is 11.3 Å². The third kappa shape index (κ3) is 4.84. The molecule has 27 heavy (non-hydrogen) atoms. The van der Waals surface area contributed by atoms with Crippen molar-refractivity contribution in [2.45, 2.75) is 18.9 Å². The standard InChI is InChI=1S/C21H25N3O2S/c1-24(2)17(12-15-6-4-3-5-7-15)13-23-19-18(20(25)21(19)26)22-10-8-16-9-11-27-14-16/h3-7,9,11,14,17,22-23H,8,10,12-13H2,1-2H3. The molecule has 1 atom stereocenters. The smallest absolute Gasteiger partial charge is 0.253 e. The number of nitrogens with zero attached hydrogens (tertiary/aromatic N) is 1. The summed E-state index contributed by atoms with van der Waals surface area (Å²) < 4.78 is 0. The molecule has 5 nitrogen and oxygen atoms in total. The highest BCUT2D eigenvalue weighted by Gasteiger charge is 2.22. The number of likely N-dealkylation sites (N-methyl/N-ethyl adjacent to an activating group) is 1. The van der Waals surface area contributed by atoms with Crippen LogP contribution in [0.15, 0.2) is 56.7 Å². The second-order valence-corrected chi connectivity index (χ2v) is 7.68. The van der Waals surface area contributed by atoms with Crippen molar-refractivity contribution in [2.75, 3.05) is 37.8 Å². The Morgan fingerprint density at radius 1 is 0.963 bits per heavy atom. The Morgan fingerprint density at radius 2 is 1.67 bits per heavy atom. The molecule has 142 valence electrons. The van der Waals surface area contributed by atoms with Gasteiger partial charge in [0.1, 0.15) is 11.4 Å². The van der Waals surface area contributed by atoms with Gasteiger partial charge in [0.25, 0.3) is 10.9 Å². The third-order valence-electron chi connectivity index (χ3n) is 4.76. The maximum Gasteiger partial charge on any atom is 0.253 e. The van der Waals surface area contributed by atoms with Gasteiger partial charge in [-0.3, -0.25) is 9.59 Å². The van der Waals surface area contributed by atoms with Crippen molar-refractivity contribution in [1.82, 2.24) is 4.90 Å². The van der Waals surface area contributed by atoms with E-state index in [0.717, 1.165) is 12.8 Å². The summed E-state index contributed by atoms with van der Waals surface area (Å²) >= 11 is 1.66. The van der Waals surface area contributed by atoms with Crippen LogP contribution in [0.4, 0.5) is 11.4 Å². The first kappa shape index (κ1) is 19.3. The lowest BCUT2D eigenvalue weighted by atomic mass is 10.0. The van der Waals surface area contributed by atoms with Crippen molar-refractivity contribution in [1.29, 1.82) is 0 Å². The quantitative estimate of drug-likeness (QED) is 0.527. The molecule has 3 rings (SSSR count). The topological polar surface area (TPSA) is 61.4 Å². The normalized spacial score (nSPS) is 12.4. The van der Waals surface area contributed by atoms with E-state index in [1.54, 1.807) is 11.3 Å². The molecule has 0 amide bonds. The zero-order valence-electron chi connectivity index (χ0n) is 15.7. The van der Waals surface area contributed by atoms with Crippen LogP contribution in [0.2, 0.25) is 0 Å². The number of anilines is 2. The van der Waals surface area contributed by atoms with Gasteiger partial charge in [-0.1, -0.05) is 30.3 Å². The second kappa shape index (κ2) is 8.97. The molecule has 0 aliphatic heterocycles. The van der Waals surface area contributed by atoms with Gasteiger partial charge in [-0.15, -0.1) is 0 Å². The fourth-order valence-corrected chi connectivity index (χ4v) is 3.74. The molecule has 0 aliphatic carbocycles. The molecule has 0 bridgehead atoms. The maximum absolute atomic E-state index is 12.0. The van der Waals surface area contributed by atoms with Gasteiger partial charge in [-0.2, -0.15) is 11.3 Å². The molecule has 1 unspecified atom stereocenters. The molecule has 0 saturated carbocycles.